The lowest BCUT2D eigenvalue weighted by Crippen LogP contribution is -2.40. The summed E-state index contributed by atoms with van der Waals surface area (Å²) in [5.41, 5.74) is 9.71. The monoisotopic (exact) mass is 308 g/mol. The summed E-state index contributed by atoms with van der Waals surface area (Å²) in [5, 5.41) is 8.39. The molecule has 0 saturated carbocycles. The molecule has 3 aromatic rings. The zero-order valence-corrected chi connectivity index (χ0v) is 13.2. The fourth-order valence-electron chi connectivity index (χ4n) is 3.11. The molecule has 0 bridgehead atoms. The zero-order chi connectivity index (χ0) is 15.8. The van der Waals surface area contributed by atoms with Crippen LogP contribution < -0.4 is 10.6 Å². The van der Waals surface area contributed by atoms with Crippen LogP contribution in [0.25, 0.3) is 22.4 Å². The number of aryl methyl sites for hydroxylation is 1. The van der Waals surface area contributed by atoms with Crippen molar-refractivity contribution in [3.63, 3.8) is 0 Å². The molecule has 4 rings (SSSR count). The summed E-state index contributed by atoms with van der Waals surface area (Å²) in [4.78, 5) is 11.5. The largest absolute Gasteiger partial charge is 0.356 e. The second-order valence-corrected chi connectivity index (χ2v) is 6.18. The third-order valence-electron chi connectivity index (χ3n) is 4.40. The maximum absolute atomic E-state index is 6.01. The smallest absolute Gasteiger partial charge is 0.155 e. The summed E-state index contributed by atoms with van der Waals surface area (Å²) >= 11 is 0. The van der Waals surface area contributed by atoms with Crippen molar-refractivity contribution in [1.29, 1.82) is 0 Å². The number of pyridine rings is 2. The van der Waals surface area contributed by atoms with E-state index in [4.69, 9.17) is 10.7 Å². The first kappa shape index (κ1) is 14.1. The van der Waals surface area contributed by atoms with Gasteiger partial charge in [0.25, 0.3) is 0 Å². The van der Waals surface area contributed by atoms with Gasteiger partial charge in [-0.2, -0.15) is 5.10 Å². The summed E-state index contributed by atoms with van der Waals surface area (Å²) in [6.07, 6.45) is 3.79. The molecule has 3 aromatic heterocycles. The molecule has 1 saturated heterocycles. The molecule has 0 unspecified atom stereocenters. The topological polar surface area (TPSA) is 83.7 Å². The van der Waals surface area contributed by atoms with E-state index in [1.54, 1.807) is 6.20 Å². The number of hydrogen-bond donors (Lipinski definition) is 2. The number of fused-ring (bicyclic) bond motifs is 1. The highest BCUT2D eigenvalue weighted by Gasteiger charge is 2.19. The van der Waals surface area contributed by atoms with Crippen molar-refractivity contribution in [2.45, 2.75) is 25.8 Å². The van der Waals surface area contributed by atoms with Crippen LogP contribution >= 0.6 is 0 Å². The molecule has 1 aliphatic rings. The fourth-order valence-corrected chi connectivity index (χ4v) is 3.11. The molecule has 0 atom stereocenters. The normalized spacial score (nSPS) is 16.2. The van der Waals surface area contributed by atoms with E-state index in [1.165, 1.54) is 5.56 Å². The molecule has 6 heteroatoms. The third-order valence-corrected chi connectivity index (χ3v) is 4.40. The van der Waals surface area contributed by atoms with Crippen molar-refractivity contribution >= 4 is 16.9 Å². The van der Waals surface area contributed by atoms with Gasteiger partial charge in [0.05, 0.1) is 5.69 Å². The SMILES string of the molecule is Cc1cc(-c2n[nH]c3ncccc23)nc(N2CCC(N)CC2)c1. The van der Waals surface area contributed by atoms with E-state index in [-0.39, 0.29) is 0 Å². The van der Waals surface area contributed by atoms with E-state index in [9.17, 15) is 0 Å². The van der Waals surface area contributed by atoms with Gasteiger partial charge >= 0.3 is 0 Å². The van der Waals surface area contributed by atoms with Gasteiger partial charge in [-0.15, -0.1) is 0 Å². The second-order valence-electron chi connectivity index (χ2n) is 6.18. The third kappa shape index (κ3) is 2.66. The van der Waals surface area contributed by atoms with Crippen LogP contribution in [0.15, 0.2) is 30.5 Å². The predicted octanol–water partition coefficient (Wildman–Crippen LogP) is 2.26. The average Bonchev–Trinajstić information content (AvgIpc) is 2.99. The molecule has 0 aromatic carbocycles. The van der Waals surface area contributed by atoms with Gasteiger partial charge in [0.15, 0.2) is 5.65 Å². The maximum atomic E-state index is 6.01. The molecule has 118 valence electrons. The Morgan fingerprint density at radius 1 is 1.26 bits per heavy atom. The van der Waals surface area contributed by atoms with Crippen molar-refractivity contribution in [3.8, 4) is 11.4 Å². The quantitative estimate of drug-likeness (QED) is 0.758. The number of hydrogen-bond acceptors (Lipinski definition) is 5. The van der Waals surface area contributed by atoms with Crippen LogP contribution in [-0.4, -0.2) is 39.3 Å². The minimum atomic E-state index is 0.317. The van der Waals surface area contributed by atoms with Gasteiger partial charge in [0.1, 0.15) is 11.5 Å². The van der Waals surface area contributed by atoms with E-state index in [2.05, 4.69) is 39.1 Å². The number of nitrogens with two attached hydrogens (primary N) is 1. The van der Waals surface area contributed by atoms with Gasteiger partial charge in [-0.05, 0) is 49.6 Å². The minimum Gasteiger partial charge on any atom is -0.356 e. The molecule has 1 aliphatic heterocycles. The minimum absolute atomic E-state index is 0.317. The number of anilines is 1. The van der Waals surface area contributed by atoms with Gasteiger partial charge < -0.3 is 10.6 Å². The van der Waals surface area contributed by atoms with E-state index in [0.29, 0.717) is 6.04 Å². The second kappa shape index (κ2) is 5.62. The van der Waals surface area contributed by atoms with Crippen molar-refractivity contribution in [2.75, 3.05) is 18.0 Å². The summed E-state index contributed by atoms with van der Waals surface area (Å²) in [6, 6.07) is 8.46. The zero-order valence-electron chi connectivity index (χ0n) is 13.2. The Kier molecular flexibility index (Phi) is 3.46. The molecule has 0 spiro atoms. The van der Waals surface area contributed by atoms with Crippen molar-refractivity contribution in [2.24, 2.45) is 5.73 Å². The first-order valence-corrected chi connectivity index (χ1v) is 7.99. The Labute approximate surface area is 134 Å². The van der Waals surface area contributed by atoms with Gasteiger partial charge in [-0.25, -0.2) is 9.97 Å². The van der Waals surface area contributed by atoms with Crippen LogP contribution in [0.1, 0.15) is 18.4 Å². The Balaban J connectivity index is 1.75. The molecule has 1 fully saturated rings. The van der Waals surface area contributed by atoms with Crippen molar-refractivity contribution < 1.29 is 0 Å². The highest BCUT2D eigenvalue weighted by atomic mass is 15.2. The van der Waals surface area contributed by atoms with Crippen LogP contribution in [0.5, 0.6) is 0 Å². The molecule has 0 amide bonds. The molecule has 0 aliphatic carbocycles. The summed E-state index contributed by atoms with van der Waals surface area (Å²) in [6.45, 7) is 4.01. The van der Waals surface area contributed by atoms with E-state index in [1.807, 2.05) is 12.1 Å². The highest BCUT2D eigenvalue weighted by Crippen LogP contribution is 2.27. The lowest BCUT2D eigenvalue weighted by atomic mass is 10.1. The first-order valence-electron chi connectivity index (χ1n) is 7.99. The summed E-state index contributed by atoms with van der Waals surface area (Å²) in [7, 11) is 0. The maximum Gasteiger partial charge on any atom is 0.155 e. The number of piperidine rings is 1. The number of rotatable bonds is 2. The Morgan fingerprint density at radius 2 is 2.09 bits per heavy atom. The number of H-pyrrole nitrogens is 1. The first-order chi connectivity index (χ1) is 11.2. The van der Waals surface area contributed by atoms with Crippen LogP contribution in [0.4, 0.5) is 5.82 Å². The van der Waals surface area contributed by atoms with Gasteiger partial charge in [0.2, 0.25) is 0 Å². The summed E-state index contributed by atoms with van der Waals surface area (Å²) in [5.74, 6) is 1.01. The van der Waals surface area contributed by atoms with Gasteiger partial charge in [-0.1, -0.05) is 0 Å². The molecular weight excluding hydrogens is 288 g/mol. The summed E-state index contributed by atoms with van der Waals surface area (Å²) < 4.78 is 0. The number of nitrogens with zero attached hydrogens (tertiary/aromatic N) is 4. The van der Waals surface area contributed by atoms with Crippen LogP contribution in [0, 0.1) is 6.92 Å². The van der Waals surface area contributed by atoms with Crippen LogP contribution in [0.3, 0.4) is 0 Å². The molecule has 4 heterocycles. The number of aromatic nitrogens is 4. The Morgan fingerprint density at radius 3 is 2.91 bits per heavy atom. The van der Waals surface area contributed by atoms with Gasteiger partial charge in [0, 0.05) is 30.7 Å². The fraction of sp³-hybridized carbons (Fsp3) is 0.353. The highest BCUT2D eigenvalue weighted by molar-refractivity contribution is 5.89. The predicted molar refractivity (Wildman–Crippen MR) is 91.3 cm³/mol. The number of nitrogens with one attached hydrogen (secondary N) is 1. The molecule has 0 radical (unpaired) electrons. The van der Waals surface area contributed by atoms with E-state index in [0.717, 1.165) is 54.2 Å². The van der Waals surface area contributed by atoms with Crippen molar-refractivity contribution in [3.05, 3.63) is 36.0 Å². The molecule has 6 nitrogen and oxygen atoms in total. The lowest BCUT2D eigenvalue weighted by molar-refractivity contribution is 0.498. The van der Waals surface area contributed by atoms with Crippen LogP contribution in [0.2, 0.25) is 0 Å². The van der Waals surface area contributed by atoms with E-state index >= 15 is 0 Å². The van der Waals surface area contributed by atoms with E-state index < -0.39 is 0 Å². The van der Waals surface area contributed by atoms with Gasteiger partial charge in [-0.3, -0.25) is 5.10 Å². The Bertz CT molecular complexity index is 832. The Hall–Kier alpha value is -2.47. The standard InChI is InChI=1S/C17H20N6/c1-11-9-14(16-13-3-2-6-19-17(13)22-21-16)20-15(10-11)23-7-4-12(18)5-8-23/h2-3,6,9-10,12H,4-5,7-8,18H2,1H3,(H,19,21,22). The number of aromatic amines is 1. The molecular formula is C17H20N6. The van der Waals surface area contributed by atoms with Crippen LogP contribution in [-0.2, 0) is 0 Å². The molecule has 3 N–H and O–H groups in total. The average molecular weight is 308 g/mol. The van der Waals surface area contributed by atoms with Crippen molar-refractivity contribution in [1.82, 2.24) is 20.2 Å². The molecule has 23 heavy (non-hydrogen) atoms. The lowest BCUT2D eigenvalue weighted by Gasteiger charge is -2.31.